The molecule has 0 radical (unpaired) electrons. The van der Waals surface area contributed by atoms with Crippen molar-refractivity contribution in [3.05, 3.63) is 58.3 Å². The number of carboxylic acid groups (broad SMARTS) is 1. The maximum absolute atomic E-state index is 13.5. The molecule has 2 aromatic rings. The molecule has 0 aliphatic carbocycles. The fourth-order valence-electron chi connectivity index (χ4n) is 3.48. The van der Waals surface area contributed by atoms with Crippen LogP contribution in [0.25, 0.3) is 0 Å². The van der Waals surface area contributed by atoms with Crippen LogP contribution in [0.4, 0.5) is 13.2 Å². The Morgan fingerprint density at radius 1 is 1.15 bits per heavy atom. The van der Waals surface area contributed by atoms with E-state index in [2.05, 4.69) is 25.6 Å². The van der Waals surface area contributed by atoms with E-state index in [-0.39, 0.29) is 23.5 Å². The van der Waals surface area contributed by atoms with Crippen LogP contribution in [-0.2, 0) is 16.1 Å². The smallest absolute Gasteiger partial charge is 0.480 e. The first kappa shape index (κ1) is 24.8. The van der Waals surface area contributed by atoms with Gasteiger partial charge < -0.3 is 19.5 Å². The van der Waals surface area contributed by atoms with Crippen LogP contribution in [0, 0.1) is 5.82 Å². The molecule has 1 aliphatic rings. The van der Waals surface area contributed by atoms with Crippen molar-refractivity contribution in [3.8, 4) is 11.5 Å². The summed E-state index contributed by atoms with van der Waals surface area (Å²) in [5.41, 5.74) is 0.965. The maximum Gasteiger partial charge on any atom is 0.502 e. The highest BCUT2D eigenvalue weighted by Crippen LogP contribution is 2.34. The second-order valence-corrected chi connectivity index (χ2v) is 8.52. The molecular weight excluding hydrogens is 509 g/mol. The number of nitrogens with zero attached hydrogens (tertiary/aromatic N) is 2. The van der Waals surface area contributed by atoms with Gasteiger partial charge in [0.25, 0.3) is 5.91 Å². The van der Waals surface area contributed by atoms with Gasteiger partial charge in [0, 0.05) is 36.7 Å². The van der Waals surface area contributed by atoms with Crippen LogP contribution in [0.15, 0.2) is 46.9 Å². The average molecular weight is 531 g/mol. The Labute approximate surface area is 196 Å². The van der Waals surface area contributed by atoms with Crippen molar-refractivity contribution < 1.29 is 37.3 Å². The normalized spacial score (nSPS) is 17.0. The van der Waals surface area contributed by atoms with Gasteiger partial charge in [0.2, 0.25) is 0 Å². The Balaban J connectivity index is 1.58. The van der Waals surface area contributed by atoms with Gasteiger partial charge in [-0.3, -0.25) is 9.69 Å². The minimum absolute atomic E-state index is 0.132. The monoisotopic (exact) mass is 530 g/mol. The predicted octanol–water partition coefficient (Wildman–Crippen LogP) is 3.76. The van der Waals surface area contributed by atoms with Gasteiger partial charge in [-0.1, -0.05) is 28.1 Å². The number of carbonyl (C=O) groups is 2. The zero-order valence-corrected chi connectivity index (χ0v) is 19.2. The molecule has 0 bridgehead atoms. The summed E-state index contributed by atoms with van der Waals surface area (Å²) in [7, 11) is 0. The third kappa shape index (κ3) is 6.61. The zero-order chi connectivity index (χ0) is 24.2. The molecule has 3 rings (SSSR count). The summed E-state index contributed by atoms with van der Waals surface area (Å²) in [5, 5.41) is 8.60. The minimum Gasteiger partial charge on any atom is -0.480 e. The third-order valence-electron chi connectivity index (χ3n) is 5.10. The molecule has 0 unspecified atom stereocenters. The minimum atomic E-state index is -4.46. The topological polar surface area (TPSA) is 79.3 Å². The number of piperazine rings is 1. The van der Waals surface area contributed by atoms with E-state index in [0.717, 1.165) is 11.6 Å². The molecule has 1 heterocycles. The van der Waals surface area contributed by atoms with Crippen LogP contribution < -0.4 is 9.47 Å². The Morgan fingerprint density at radius 2 is 1.85 bits per heavy atom. The fourth-order valence-corrected chi connectivity index (χ4v) is 3.82. The molecular formula is C22H22BrF3N2O5. The molecule has 1 N–H and O–H groups in total. The number of carboxylic acids is 1. The highest BCUT2D eigenvalue weighted by atomic mass is 79.9. The summed E-state index contributed by atoms with van der Waals surface area (Å²) >= 11 is 3.10. The molecule has 178 valence electrons. The molecule has 7 nitrogen and oxygen atoms in total. The van der Waals surface area contributed by atoms with Gasteiger partial charge in [-0.25, -0.2) is 9.18 Å². The molecule has 0 aromatic heterocycles. The summed E-state index contributed by atoms with van der Waals surface area (Å²) < 4.78 is 50.2. The summed E-state index contributed by atoms with van der Waals surface area (Å²) in [6.07, 6.45) is -4.46. The molecule has 1 amide bonds. The molecule has 0 saturated carbocycles. The van der Waals surface area contributed by atoms with E-state index in [4.69, 9.17) is 9.84 Å². The maximum atomic E-state index is 13.5. The first-order chi connectivity index (χ1) is 15.5. The second-order valence-electron chi connectivity index (χ2n) is 7.60. The van der Waals surface area contributed by atoms with Gasteiger partial charge >= 0.3 is 12.1 Å². The number of carbonyl (C=O) groups excluding carboxylic acids is 1. The van der Waals surface area contributed by atoms with Gasteiger partial charge in [-0.05, 0) is 42.8 Å². The number of halogens is 4. The molecule has 2 aromatic carbocycles. The highest BCUT2D eigenvalue weighted by molar-refractivity contribution is 9.10. The van der Waals surface area contributed by atoms with Crippen LogP contribution in [0.2, 0.25) is 0 Å². The number of rotatable bonds is 8. The largest absolute Gasteiger partial charge is 0.502 e. The van der Waals surface area contributed by atoms with Gasteiger partial charge in [0.1, 0.15) is 5.82 Å². The summed E-state index contributed by atoms with van der Waals surface area (Å²) in [6.45, 7) is 3.71. The van der Waals surface area contributed by atoms with E-state index in [9.17, 15) is 22.8 Å². The second kappa shape index (κ2) is 10.4. The average Bonchev–Trinajstić information content (AvgIpc) is 2.74. The molecule has 11 heteroatoms. The fraction of sp³-hybridized carbons (Fsp3) is 0.364. The molecule has 1 atom stereocenters. The number of alkyl halides is 2. The Bertz CT molecular complexity index is 1010. The lowest BCUT2D eigenvalue weighted by atomic mass is 10.1. The molecule has 0 spiro atoms. The number of benzene rings is 2. The van der Waals surface area contributed by atoms with Crippen LogP contribution in [0.1, 0.15) is 12.5 Å². The lowest BCUT2D eigenvalue weighted by Crippen LogP contribution is -2.54. The standard InChI is InChI=1S/C22H22BrF3N2O5/c1-14-11-27(12-15-2-5-17(24)6-3-15)8-9-28(14)20(29)13-32-18-7-4-16(23)10-19(18)33-22(25,26)21(30)31/h2-7,10,14H,8-9,11-13H2,1H3,(H,30,31)/t14-/m1/s1. The van der Waals surface area contributed by atoms with Crippen LogP contribution >= 0.6 is 15.9 Å². The Kier molecular flexibility index (Phi) is 7.85. The van der Waals surface area contributed by atoms with Crippen LogP contribution in [-0.4, -0.2) is 65.2 Å². The van der Waals surface area contributed by atoms with Crippen molar-refractivity contribution in [1.29, 1.82) is 0 Å². The Morgan fingerprint density at radius 3 is 2.48 bits per heavy atom. The van der Waals surface area contributed by atoms with Crippen molar-refractivity contribution >= 4 is 27.8 Å². The number of hydrogen-bond donors (Lipinski definition) is 1. The first-order valence-electron chi connectivity index (χ1n) is 10.0. The molecule has 1 fully saturated rings. The molecule has 1 saturated heterocycles. The van der Waals surface area contributed by atoms with E-state index in [1.54, 1.807) is 17.0 Å². The van der Waals surface area contributed by atoms with Crippen molar-refractivity contribution in [1.82, 2.24) is 9.80 Å². The third-order valence-corrected chi connectivity index (χ3v) is 5.59. The van der Waals surface area contributed by atoms with Gasteiger partial charge in [0.05, 0.1) is 0 Å². The highest BCUT2D eigenvalue weighted by Gasteiger charge is 2.43. The zero-order valence-electron chi connectivity index (χ0n) is 17.6. The summed E-state index contributed by atoms with van der Waals surface area (Å²) in [4.78, 5) is 27.2. The Hall–Kier alpha value is -2.79. The van der Waals surface area contributed by atoms with Crippen molar-refractivity contribution in [2.24, 2.45) is 0 Å². The van der Waals surface area contributed by atoms with Crippen LogP contribution in [0.3, 0.4) is 0 Å². The SMILES string of the molecule is C[C@@H]1CN(Cc2ccc(F)cc2)CCN1C(=O)COc1ccc(Br)cc1OC(F)(F)C(=O)O. The van der Waals surface area contributed by atoms with Crippen molar-refractivity contribution in [2.45, 2.75) is 25.6 Å². The summed E-state index contributed by atoms with van der Waals surface area (Å²) in [5.74, 6) is -3.79. The quantitative estimate of drug-likeness (QED) is 0.559. The number of aliphatic carboxylic acids is 1. The van der Waals surface area contributed by atoms with Crippen molar-refractivity contribution in [2.75, 3.05) is 26.2 Å². The van der Waals surface area contributed by atoms with Gasteiger partial charge in [-0.2, -0.15) is 8.78 Å². The lowest BCUT2D eigenvalue weighted by molar-refractivity contribution is -0.211. The lowest BCUT2D eigenvalue weighted by Gasteiger charge is -2.39. The predicted molar refractivity (Wildman–Crippen MR) is 116 cm³/mol. The summed E-state index contributed by atoms with van der Waals surface area (Å²) in [6, 6.07) is 10.0. The first-order valence-corrected chi connectivity index (χ1v) is 10.8. The van der Waals surface area contributed by atoms with Crippen LogP contribution in [0.5, 0.6) is 11.5 Å². The molecule has 33 heavy (non-hydrogen) atoms. The van der Waals surface area contributed by atoms with E-state index >= 15 is 0 Å². The van der Waals surface area contributed by atoms with Crippen molar-refractivity contribution in [3.63, 3.8) is 0 Å². The van der Waals surface area contributed by atoms with Gasteiger partial charge in [0.15, 0.2) is 18.1 Å². The van der Waals surface area contributed by atoms with E-state index in [1.807, 2.05) is 6.92 Å². The van der Waals surface area contributed by atoms with E-state index in [1.165, 1.54) is 24.3 Å². The number of hydrogen-bond acceptors (Lipinski definition) is 5. The number of ether oxygens (including phenoxy) is 2. The molecule has 1 aliphatic heterocycles. The van der Waals surface area contributed by atoms with E-state index < -0.39 is 24.4 Å². The van der Waals surface area contributed by atoms with E-state index in [0.29, 0.717) is 30.7 Å². The number of amides is 1. The van der Waals surface area contributed by atoms with Gasteiger partial charge in [-0.15, -0.1) is 0 Å².